The average Bonchev–Trinajstić information content (AvgIpc) is 3.31. The van der Waals surface area contributed by atoms with Crippen LogP contribution in [0.4, 0.5) is 4.39 Å². The van der Waals surface area contributed by atoms with Crippen LogP contribution >= 0.6 is 23.1 Å². The van der Waals surface area contributed by atoms with E-state index in [2.05, 4.69) is 20.5 Å². The number of amides is 1. The third-order valence-electron chi connectivity index (χ3n) is 3.41. The lowest BCUT2D eigenvalue weighted by Crippen LogP contribution is -2.27. The molecule has 0 fully saturated rings. The molecule has 8 heteroatoms. The van der Waals surface area contributed by atoms with E-state index >= 15 is 0 Å². The first-order valence-electron chi connectivity index (χ1n) is 7.97. The number of hydrogen-bond acceptors (Lipinski definition) is 5. The number of carbonyl (C=O) groups excluding carboxylic acids is 1. The Morgan fingerprint density at radius 2 is 2.12 bits per heavy atom. The van der Waals surface area contributed by atoms with E-state index in [0.29, 0.717) is 23.9 Å². The second kappa shape index (κ2) is 9.30. The van der Waals surface area contributed by atoms with E-state index in [0.717, 1.165) is 10.4 Å². The number of thiophene rings is 1. The van der Waals surface area contributed by atoms with Gasteiger partial charge in [0, 0.05) is 11.4 Å². The molecule has 2 aromatic heterocycles. The molecule has 5 nitrogen and oxygen atoms in total. The molecule has 0 saturated carbocycles. The number of aromatic nitrogens is 3. The lowest BCUT2D eigenvalue weighted by molar-refractivity contribution is -0.118. The van der Waals surface area contributed by atoms with Crippen molar-refractivity contribution in [1.29, 1.82) is 0 Å². The maximum absolute atomic E-state index is 12.8. The van der Waals surface area contributed by atoms with Gasteiger partial charge < -0.3 is 5.32 Å². The van der Waals surface area contributed by atoms with Crippen LogP contribution in [0.1, 0.15) is 16.3 Å². The van der Waals surface area contributed by atoms with E-state index < -0.39 is 0 Å². The molecular weight excluding hydrogens is 371 g/mol. The maximum atomic E-state index is 12.8. The van der Waals surface area contributed by atoms with Gasteiger partial charge in [0.2, 0.25) is 11.1 Å². The van der Waals surface area contributed by atoms with Crippen LogP contribution in [-0.4, -0.2) is 33.4 Å². The highest BCUT2D eigenvalue weighted by atomic mass is 32.2. The van der Waals surface area contributed by atoms with Crippen molar-refractivity contribution >= 4 is 41.2 Å². The minimum Gasteiger partial charge on any atom is -0.355 e. The highest BCUT2D eigenvalue weighted by Gasteiger charge is 2.06. The van der Waals surface area contributed by atoms with Gasteiger partial charge in [0.05, 0.1) is 5.75 Å². The number of nitrogens with one attached hydrogen (secondary N) is 2. The Morgan fingerprint density at radius 1 is 1.27 bits per heavy atom. The molecule has 1 aromatic carbocycles. The van der Waals surface area contributed by atoms with Crippen LogP contribution in [0, 0.1) is 5.82 Å². The van der Waals surface area contributed by atoms with Crippen molar-refractivity contribution in [2.45, 2.75) is 11.6 Å². The molecule has 0 spiro atoms. The summed E-state index contributed by atoms with van der Waals surface area (Å²) in [6, 6.07) is 10.3. The Morgan fingerprint density at radius 3 is 2.88 bits per heavy atom. The summed E-state index contributed by atoms with van der Waals surface area (Å²) >= 11 is 2.92. The number of thioether (sulfide) groups is 1. The fraction of sp³-hybridized carbons (Fsp3) is 0.167. The highest BCUT2D eigenvalue weighted by Crippen LogP contribution is 2.15. The summed E-state index contributed by atoms with van der Waals surface area (Å²) in [4.78, 5) is 17.3. The van der Waals surface area contributed by atoms with E-state index in [1.807, 2.05) is 29.7 Å². The fourth-order valence-electron chi connectivity index (χ4n) is 2.12. The van der Waals surface area contributed by atoms with Gasteiger partial charge in [-0.2, -0.15) is 0 Å². The van der Waals surface area contributed by atoms with Crippen molar-refractivity contribution in [3.05, 3.63) is 63.9 Å². The zero-order chi connectivity index (χ0) is 18.2. The number of benzene rings is 1. The Labute approximate surface area is 158 Å². The first kappa shape index (κ1) is 18.3. The molecule has 3 aromatic rings. The third-order valence-corrected chi connectivity index (χ3v) is 5.10. The van der Waals surface area contributed by atoms with Crippen molar-refractivity contribution in [3.63, 3.8) is 0 Å². The number of nitrogens with zero attached hydrogens (tertiary/aromatic N) is 2. The van der Waals surface area contributed by atoms with Gasteiger partial charge in [0.25, 0.3) is 0 Å². The molecule has 3 rings (SSSR count). The Hall–Kier alpha value is -2.45. The van der Waals surface area contributed by atoms with Gasteiger partial charge in [-0.05, 0) is 47.7 Å². The SMILES string of the molecule is O=C(CSc1n[nH]c(C=Cc2cccs2)n1)NCCc1ccc(F)cc1. The summed E-state index contributed by atoms with van der Waals surface area (Å²) in [6.07, 6.45) is 4.47. The van der Waals surface area contributed by atoms with Crippen LogP contribution in [0.2, 0.25) is 0 Å². The van der Waals surface area contributed by atoms with Crippen molar-refractivity contribution in [2.75, 3.05) is 12.3 Å². The van der Waals surface area contributed by atoms with Crippen molar-refractivity contribution in [2.24, 2.45) is 0 Å². The molecular formula is C18H17FN4OS2. The predicted molar refractivity (Wildman–Crippen MR) is 103 cm³/mol. The summed E-state index contributed by atoms with van der Waals surface area (Å²) in [5, 5.41) is 12.3. The monoisotopic (exact) mass is 388 g/mol. The molecule has 1 amide bonds. The number of aromatic amines is 1. The zero-order valence-corrected chi connectivity index (χ0v) is 15.4. The lowest BCUT2D eigenvalue weighted by atomic mass is 10.1. The average molecular weight is 388 g/mol. The summed E-state index contributed by atoms with van der Waals surface area (Å²) in [5.74, 6) is 0.551. The first-order valence-corrected chi connectivity index (χ1v) is 9.83. The molecule has 0 saturated heterocycles. The molecule has 0 unspecified atom stereocenters. The van der Waals surface area contributed by atoms with Gasteiger partial charge in [-0.15, -0.1) is 16.4 Å². The van der Waals surface area contributed by atoms with E-state index in [-0.39, 0.29) is 17.5 Å². The Kier molecular flexibility index (Phi) is 6.56. The molecule has 2 N–H and O–H groups in total. The number of carbonyl (C=O) groups is 1. The van der Waals surface area contributed by atoms with E-state index in [4.69, 9.17) is 0 Å². The van der Waals surface area contributed by atoms with Gasteiger partial charge in [-0.1, -0.05) is 30.0 Å². The van der Waals surface area contributed by atoms with E-state index in [9.17, 15) is 9.18 Å². The van der Waals surface area contributed by atoms with Crippen LogP contribution in [0.15, 0.2) is 46.9 Å². The number of H-pyrrole nitrogens is 1. The molecule has 0 aliphatic rings. The van der Waals surface area contributed by atoms with Crippen LogP contribution < -0.4 is 5.32 Å². The van der Waals surface area contributed by atoms with Gasteiger partial charge in [0.15, 0.2) is 0 Å². The van der Waals surface area contributed by atoms with Gasteiger partial charge in [-0.25, -0.2) is 9.37 Å². The molecule has 0 aliphatic carbocycles. The normalized spacial score (nSPS) is 11.1. The molecule has 26 heavy (non-hydrogen) atoms. The van der Waals surface area contributed by atoms with Gasteiger partial charge in [0.1, 0.15) is 11.6 Å². The number of rotatable bonds is 8. The summed E-state index contributed by atoms with van der Waals surface area (Å²) in [7, 11) is 0. The van der Waals surface area contributed by atoms with Crippen molar-refractivity contribution in [1.82, 2.24) is 20.5 Å². The second-order valence-corrected chi connectivity index (χ2v) is 7.29. The topological polar surface area (TPSA) is 70.7 Å². The second-order valence-electron chi connectivity index (χ2n) is 5.37. The quantitative estimate of drug-likeness (QED) is 0.578. The molecule has 0 atom stereocenters. The molecule has 0 radical (unpaired) electrons. The molecule has 0 aliphatic heterocycles. The third kappa shape index (κ3) is 5.82. The summed E-state index contributed by atoms with van der Waals surface area (Å²) in [5.41, 5.74) is 0.982. The Balaban J connectivity index is 1.38. The smallest absolute Gasteiger partial charge is 0.230 e. The van der Waals surface area contributed by atoms with E-state index in [1.54, 1.807) is 23.5 Å². The standard InChI is InChI=1S/C18H17FN4OS2/c19-14-5-3-13(4-6-14)9-10-20-17(24)12-26-18-21-16(22-23-18)8-7-15-2-1-11-25-15/h1-8,11H,9-10,12H2,(H,20,24)(H,21,22,23). The molecule has 0 bridgehead atoms. The highest BCUT2D eigenvalue weighted by molar-refractivity contribution is 7.99. The van der Waals surface area contributed by atoms with Crippen molar-refractivity contribution in [3.8, 4) is 0 Å². The fourth-order valence-corrected chi connectivity index (χ4v) is 3.38. The Bertz CT molecular complexity index is 860. The van der Waals surface area contributed by atoms with Crippen LogP contribution in [0.3, 0.4) is 0 Å². The summed E-state index contributed by atoms with van der Waals surface area (Å²) in [6.45, 7) is 0.508. The first-order chi connectivity index (χ1) is 12.7. The van der Waals surface area contributed by atoms with Crippen molar-refractivity contribution < 1.29 is 9.18 Å². The van der Waals surface area contributed by atoms with E-state index in [1.165, 1.54) is 23.9 Å². The molecule has 2 heterocycles. The maximum Gasteiger partial charge on any atom is 0.230 e. The van der Waals surface area contributed by atoms with Crippen LogP contribution in [0.5, 0.6) is 0 Å². The predicted octanol–water partition coefficient (Wildman–Crippen LogP) is 3.63. The van der Waals surface area contributed by atoms with Gasteiger partial charge >= 0.3 is 0 Å². The lowest BCUT2D eigenvalue weighted by Gasteiger charge is -2.04. The largest absolute Gasteiger partial charge is 0.355 e. The zero-order valence-electron chi connectivity index (χ0n) is 13.8. The number of halogens is 1. The van der Waals surface area contributed by atoms with Crippen LogP contribution in [-0.2, 0) is 11.2 Å². The minimum absolute atomic E-state index is 0.0856. The van der Waals surface area contributed by atoms with Gasteiger partial charge in [-0.3, -0.25) is 9.89 Å². The number of hydrogen-bond donors (Lipinski definition) is 2. The summed E-state index contributed by atoms with van der Waals surface area (Å²) < 4.78 is 12.8. The minimum atomic E-state index is -0.259. The molecule has 134 valence electrons. The van der Waals surface area contributed by atoms with Crippen LogP contribution in [0.25, 0.3) is 12.2 Å².